The summed E-state index contributed by atoms with van der Waals surface area (Å²) in [5.41, 5.74) is 5.38. The van der Waals surface area contributed by atoms with Crippen LogP contribution in [0.25, 0.3) is 0 Å². The number of anilines is 1. The Morgan fingerprint density at radius 3 is 3.09 bits per heavy atom. The molecule has 0 amide bonds. The molecule has 1 heterocycles. The molecule has 0 aliphatic carbocycles. The van der Waals surface area contributed by atoms with Crippen molar-refractivity contribution in [1.29, 1.82) is 0 Å². The van der Waals surface area contributed by atoms with Gasteiger partial charge in [-0.1, -0.05) is 13.3 Å². The molecule has 0 bridgehead atoms. The van der Waals surface area contributed by atoms with Gasteiger partial charge in [0.25, 0.3) is 0 Å². The molecule has 1 aromatic heterocycles. The van der Waals surface area contributed by atoms with Gasteiger partial charge in [0.2, 0.25) is 5.88 Å². The minimum absolute atomic E-state index is 0.538. The lowest BCUT2D eigenvalue weighted by Crippen LogP contribution is -1.96. The van der Waals surface area contributed by atoms with Gasteiger partial charge in [0, 0.05) is 6.07 Å². The topological polar surface area (TPSA) is 63.9 Å². The molecule has 62 valence electrons. The Bertz CT molecular complexity index is 209. The van der Waals surface area contributed by atoms with Crippen molar-refractivity contribution in [2.24, 2.45) is 0 Å². The summed E-state index contributed by atoms with van der Waals surface area (Å²) in [6.07, 6.45) is 2.17. The van der Waals surface area contributed by atoms with E-state index in [1.165, 1.54) is 0 Å². The van der Waals surface area contributed by atoms with Gasteiger partial charge in [0.05, 0.1) is 6.61 Å². The van der Waals surface area contributed by atoms with Crippen LogP contribution in [-0.2, 0) is 0 Å². The van der Waals surface area contributed by atoms with Crippen LogP contribution in [0.5, 0.6) is 5.88 Å². The van der Waals surface area contributed by atoms with Crippen LogP contribution in [0, 0.1) is 0 Å². The highest BCUT2D eigenvalue weighted by Gasteiger charge is 1.96. The molecule has 4 heteroatoms. The van der Waals surface area contributed by atoms with Gasteiger partial charge in [0.15, 0.2) is 0 Å². The number of rotatable bonds is 4. The van der Waals surface area contributed by atoms with Crippen LogP contribution in [0.4, 0.5) is 5.82 Å². The number of aromatic amines is 1. The van der Waals surface area contributed by atoms with Gasteiger partial charge in [-0.15, -0.1) is 5.10 Å². The Labute approximate surface area is 65.7 Å². The van der Waals surface area contributed by atoms with E-state index in [-0.39, 0.29) is 0 Å². The summed E-state index contributed by atoms with van der Waals surface area (Å²) in [5, 5.41) is 6.41. The van der Waals surface area contributed by atoms with E-state index in [0.717, 1.165) is 12.8 Å². The van der Waals surface area contributed by atoms with Crippen molar-refractivity contribution in [3.8, 4) is 5.88 Å². The van der Waals surface area contributed by atoms with Crippen molar-refractivity contribution in [2.75, 3.05) is 12.3 Å². The Kier molecular flexibility index (Phi) is 2.77. The molecule has 0 aliphatic rings. The fourth-order valence-electron chi connectivity index (χ4n) is 0.712. The number of ether oxygens (including phenoxy) is 1. The third-order valence-electron chi connectivity index (χ3n) is 1.32. The predicted octanol–water partition coefficient (Wildman–Crippen LogP) is 1.17. The van der Waals surface area contributed by atoms with Gasteiger partial charge in [-0.05, 0) is 6.42 Å². The maximum absolute atomic E-state index is 5.38. The number of H-pyrrole nitrogens is 1. The molecule has 0 radical (unpaired) electrons. The van der Waals surface area contributed by atoms with E-state index in [2.05, 4.69) is 17.1 Å². The van der Waals surface area contributed by atoms with Crippen molar-refractivity contribution in [1.82, 2.24) is 10.2 Å². The molecule has 0 saturated heterocycles. The number of nitrogens with zero attached hydrogens (tertiary/aromatic N) is 1. The minimum Gasteiger partial charge on any atom is -0.477 e. The summed E-state index contributed by atoms with van der Waals surface area (Å²) in [4.78, 5) is 0. The van der Waals surface area contributed by atoms with Crippen molar-refractivity contribution in [3.63, 3.8) is 0 Å². The lowest BCUT2D eigenvalue weighted by atomic mass is 10.4. The number of nitrogens with one attached hydrogen (secondary N) is 1. The molecular formula is C7H13N3O. The normalized spacial score (nSPS) is 9.91. The Morgan fingerprint density at radius 2 is 2.55 bits per heavy atom. The molecule has 4 nitrogen and oxygen atoms in total. The smallest absolute Gasteiger partial charge is 0.234 e. The molecular weight excluding hydrogens is 142 g/mol. The first-order valence-corrected chi connectivity index (χ1v) is 3.76. The molecule has 0 aromatic carbocycles. The average Bonchev–Trinajstić information content (AvgIpc) is 2.37. The molecule has 0 atom stereocenters. The third-order valence-corrected chi connectivity index (χ3v) is 1.32. The second kappa shape index (κ2) is 3.85. The zero-order valence-corrected chi connectivity index (χ0v) is 6.63. The van der Waals surface area contributed by atoms with Crippen LogP contribution in [0.1, 0.15) is 19.8 Å². The van der Waals surface area contributed by atoms with E-state index in [4.69, 9.17) is 10.5 Å². The highest BCUT2D eigenvalue weighted by Crippen LogP contribution is 2.08. The average molecular weight is 155 g/mol. The summed E-state index contributed by atoms with van der Waals surface area (Å²) in [6, 6.07) is 1.68. The fourth-order valence-corrected chi connectivity index (χ4v) is 0.712. The SMILES string of the molecule is CCCCOc1cc(N)[nH]n1. The quantitative estimate of drug-likeness (QED) is 0.641. The van der Waals surface area contributed by atoms with E-state index < -0.39 is 0 Å². The Balaban J connectivity index is 2.27. The van der Waals surface area contributed by atoms with Gasteiger partial charge in [-0.2, -0.15) is 0 Å². The number of hydrogen-bond donors (Lipinski definition) is 2. The van der Waals surface area contributed by atoms with Gasteiger partial charge < -0.3 is 10.5 Å². The number of nitrogen functional groups attached to an aromatic ring is 1. The summed E-state index contributed by atoms with van der Waals surface area (Å²) in [7, 11) is 0. The molecule has 3 N–H and O–H groups in total. The van der Waals surface area contributed by atoms with E-state index in [1.54, 1.807) is 6.07 Å². The third kappa shape index (κ3) is 2.49. The second-order valence-corrected chi connectivity index (χ2v) is 2.36. The molecule has 0 unspecified atom stereocenters. The lowest BCUT2D eigenvalue weighted by Gasteiger charge is -1.98. The van der Waals surface area contributed by atoms with Crippen molar-refractivity contribution >= 4 is 5.82 Å². The zero-order valence-electron chi connectivity index (χ0n) is 6.63. The highest BCUT2D eigenvalue weighted by molar-refractivity contribution is 5.31. The Morgan fingerprint density at radius 1 is 1.73 bits per heavy atom. The second-order valence-electron chi connectivity index (χ2n) is 2.36. The van der Waals surface area contributed by atoms with E-state index in [9.17, 15) is 0 Å². The lowest BCUT2D eigenvalue weighted by molar-refractivity contribution is 0.297. The summed E-state index contributed by atoms with van der Waals surface area (Å²) < 4.78 is 5.24. The number of unbranched alkanes of at least 4 members (excludes halogenated alkanes) is 1. The van der Waals surface area contributed by atoms with Crippen LogP contribution in [0.3, 0.4) is 0 Å². The van der Waals surface area contributed by atoms with Gasteiger partial charge >= 0.3 is 0 Å². The minimum atomic E-state index is 0.538. The predicted molar refractivity (Wildman–Crippen MR) is 43.4 cm³/mol. The van der Waals surface area contributed by atoms with Crippen LogP contribution in [-0.4, -0.2) is 16.8 Å². The first kappa shape index (κ1) is 7.91. The summed E-state index contributed by atoms with van der Waals surface area (Å²) in [6.45, 7) is 2.82. The van der Waals surface area contributed by atoms with Crippen molar-refractivity contribution in [3.05, 3.63) is 6.07 Å². The maximum atomic E-state index is 5.38. The van der Waals surface area contributed by atoms with Crippen LogP contribution in [0.2, 0.25) is 0 Å². The largest absolute Gasteiger partial charge is 0.477 e. The monoisotopic (exact) mass is 155 g/mol. The Hall–Kier alpha value is -1.19. The number of hydrogen-bond acceptors (Lipinski definition) is 3. The molecule has 1 aromatic rings. The van der Waals surface area contributed by atoms with E-state index in [1.807, 2.05) is 0 Å². The summed E-state index contributed by atoms with van der Waals surface area (Å²) >= 11 is 0. The fraction of sp³-hybridized carbons (Fsp3) is 0.571. The maximum Gasteiger partial charge on any atom is 0.234 e. The summed E-state index contributed by atoms with van der Waals surface area (Å²) in [5.74, 6) is 1.12. The van der Waals surface area contributed by atoms with Crippen LogP contribution >= 0.6 is 0 Å². The molecule has 1 rings (SSSR count). The van der Waals surface area contributed by atoms with Gasteiger partial charge in [-0.25, -0.2) is 0 Å². The molecule has 0 aliphatic heterocycles. The highest BCUT2D eigenvalue weighted by atomic mass is 16.5. The van der Waals surface area contributed by atoms with E-state index >= 15 is 0 Å². The standard InChI is InChI=1S/C7H13N3O/c1-2-3-4-11-7-5-6(8)9-10-7/h5H,2-4H2,1H3,(H3,8,9,10). The molecule has 11 heavy (non-hydrogen) atoms. The van der Waals surface area contributed by atoms with Gasteiger partial charge in [-0.3, -0.25) is 5.10 Å². The first-order valence-electron chi connectivity index (χ1n) is 3.76. The number of nitrogens with two attached hydrogens (primary N) is 1. The zero-order chi connectivity index (χ0) is 8.10. The van der Waals surface area contributed by atoms with Crippen molar-refractivity contribution in [2.45, 2.75) is 19.8 Å². The first-order chi connectivity index (χ1) is 5.33. The molecule has 0 fully saturated rings. The molecule has 0 saturated carbocycles. The van der Waals surface area contributed by atoms with Gasteiger partial charge in [0.1, 0.15) is 5.82 Å². The van der Waals surface area contributed by atoms with E-state index in [0.29, 0.717) is 18.3 Å². The van der Waals surface area contributed by atoms with Crippen LogP contribution < -0.4 is 10.5 Å². The van der Waals surface area contributed by atoms with Crippen molar-refractivity contribution < 1.29 is 4.74 Å². The number of aromatic nitrogens is 2. The molecule has 0 spiro atoms. The van der Waals surface area contributed by atoms with Crippen LogP contribution in [0.15, 0.2) is 6.07 Å².